The average Bonchev–Trinajstić information content (AvgIpc) is 2.77. The molecule has 1 aliphatic carbocycles. The zero-order valence-electron chi connectivity index (χ0n) is 8.67. The van der Waals surface area contributed by atoms with Gasteiger partial charge >= 0.3 is 0 Å². The van der Waals surface area contributed by atoms with E-state index in [1.165, 1.54) is 0 Å². The first-order valence-corrected chi connectivity index (χ1v) is 4.89. The Morgan fingerprint density at radius 2 is 2.29 bits per heavy atom. The number of aryl methyl sites for hydroxylation is 2. The molecule has 0 saturated heterocycles. The molecule has 0 radical (unpaired) electrons. The van der Waals surface area contributed by atoms with E-state index < -0.39 is 0 Å². The van der Waals surface area contributed by atoms with Crippen molar-refractivity contribution in [3.05, 3.63) is 17.5 Å². The van der Waals surface area contributed by atoms with Crippen molar-refractivity contribution in [2.45, 2.75) is 33.2 Å². The van der Waals surface area contributed by atoms with Gasteiger partial charge in [-0.05, 0) is 32.8 Å². The molecule has 4 heteroatoms. The van der Waals surface area contributed by atoms with Crippen LogP contribution >= 0.6 is 0 Å². The summed E-state index contributed by atoms with van der Waals surface area (Å²) in [6.07, 6.45) is 2.06. The number of hydrogen-bond acceptors (Lipinski definition) is 2. The maximum Gasteiger partial charge on any atom is 0.0987 e. The van der Waals surface area contributed by atoms with E-state index in [1.807, 2.05) is 18.5 Å². The average molecular weight is 192 g/mol. The van der Waals surface area contributed by atoms with E-state index in [0.29, 0.717) is 5.84 Å². The van der Waals surface area contributed by atoms with Crippen LogP contribution in [0.2, 0.25) is 0 Å². The summed E-state index contributed by atoms with van der Waals surface area (Å²) < 4.78 is 1.96. The van der Waals surface area contributed by atoms with Gasteiger partial charge in [-0.1, -0.05) is 0 Å². The second-order valence-electron chi connectivity index (χ2n) is 4.28. The lowest BCUT2D eigenvalue weighted by Gasteiger charge is -2.14. The number of rotatable bonds is 3. The molecule has 1 aromatic heterocycles. The zero-order chi connectivity index (χ0) is 10.3. The van der Waals surface area contributed by atoms with Crippen LogP contribution in [0, 0.1) is 24.7 Å². The van der Waals surface area contributed by atoms with Crippen molar-refractivity contribution in [1.29, 1.82) is 5.41 Å². The number of nitrogens with two attached hydrogens (primary N) is 1. The fourth-order valence-corrected chi connectivity index (χ4v) is 1.79. The molecule has 1 saturated carbocycles. The fraction of sp³-hybridized carbons (Fsp3) is 0.600. The normalized spacial score (nSPS) is 18.1. The van der Waals surface area contributed by atoms with Gasteiger partial charge in [0.05, 0.1) is 18.1 Å². The molecule has 0 unspecified atom stereocenters. The van der Waals surface area contributed by atoms with Gasteiger partial charge in [0.25, 0.3) is 0 Å². The van der Waals surface area contributed by atoms with Gasteiger partial charge in [-0.25, -0.2) is 0 Å². The molecule has 0 aromatic carbocycles. The van der Waals surface area contributed by atoms with Gasteiger partial charge in [0.15, 0.2) is 0 Å². The minimum Gasteiger partial charge on any atom is -0.387 e. The Labute approximate surface area is 83.6 Å². The lowest BCUT2D eigenvalue weighted by Crippen LogP contribution is -2.29. The van der Waals surface area contributed by atoms with Crippen molar-refractivity contribution >= 4 is 5.84 Å². The molecular formula is C10H16N4. The van der Waals surface area contributed by atoms with E-state index in [4.69, 9.17) is 11.1 Å². The maximum absolute atomic E-state index is 7.52. The van der Waals surface area contributed by atoms with Crippen LogP contribution in [0.15, 0.2) is 6.07 Å². The van der Waals surface area contributed by atoms with E-state index >= 15 is 0 Å². The van der Waals surface area contributed by atoms with Crippen LogP contribution in [0.5, 0.6) is 0 Å². The minimum atomic E-state index is -0.0801. The Hall–Kier alpha value is -1.32. The SMILES string of the molecule is Cc1cc(C)n(CC2(C(=N)N)CC2)n1. The molecule has 1 heterocycles. The predicted molar refractivity (Wildman–Crippen MR) is 55.3 cm³/mol. The third-order valence-electron chi connectivity index (χ3n) is 2.98. The molecule has 3 N–H and O–H groups in total. The Morgan fingerprint density at radius 1 is 1.64 bits per heavy atom. The number of amidine groups is 1. The largest absolute Gasteiger partial charge is 0.387 e. The number of nitrogens with zero attached hydrogens (tertiary/aromatic N) is 2. The summed E-state index contributed by atoms with van der Waals surface area (Å²) in [4.78, 5) is 0. The summed E-state index contributed by atoms with van der Waals surface area (Å²) >= 11 is 0. The van der Waals surface area contributed by atoms with Crippen LogP contribution < -0.4 is 5.73 Å². The smallest absolute Gasteiger partial charge is 0.0987 e. The molecular weight excluding hydrogens is 176 g/mol. The van der Waals surface area contributed by atoms with Crippen LogP contribution in [0.3, 0.4) is 0 Å². The Bertz CT molecular complexity index is 373. The first-order chi connectivity index (χ1) is 6.53. The van der Waals surface area contributed by atoms with Gasteiger partial charge in [0, 0.05) is 11.1 Å². The second-order valence-corrected chi connectivity index (χ2v) is 4.28. The standard InChI is InChI=1S/C10H16N4/c1-7-5-8(2)14(13-7)6-10(3-4-10)9(11)12/h5H,3-4,6H2,1-2H3,(H3,11,12). The highest BCUT2D eigenvalue weighted by atomic mass is 15.3. The van der Waals surface area contributed by atoms with Crippen molar-refractivity contribution in [3.8, 4) is 0 Å². The summed E-state index contributed by atoms with van der Waals surface area (Å²) in [7, 11) is 0. The molecule has 4 nitrogen and oxygen atoms in total. The highest BCUT2D eigenvalue weighted by Gasteiger charge is 2.46. The highest BCUT2D eigenvalue weighted by Crippen LogP contribution is 2.46. The van der Waals surface area contributed by atoms with Gasteiger partial charge in [0.1, 0.15) is 0 Å². The number of nitrogens with one attached hydrogen (secondary N) is 1. The van der Waals surface area contributed by atoms with Crippen molar-refractivity contribution in [1.82, 2.24) is 9.78 Å². The van der Waals surface area contributed by atoms with E-state index in [9.17, 15) is 0 Å². The molecule has 76 valence electrons. The van der Waals surface area contributed by atoms with Gasteiger partial charge in [0.2, 0.25) is 0 Å². The van der Waals surface area contributed by atoms with E-state index in [2.05, 4.69) is 11.2 Å². The predicted octanol–water partition coefficient (Wildman–Crippen LogP) is 1.22. The van der Waals surface area contributed by atoms with Crippen molar-refractivity contribution in [3.63, 3.8) is 0 Å². The summed E-state index contributed by atoms with van der Waals surface area (Å²) in [6, 6.07) is 2.05. The molecule has 1 aromatic rings. The summed E-state index contributed by atoms with van der Waals surface area (Å²) in [5.74, 6) is 0.310. The molecule has 0 amide bonds. The second kappa shape index (κ2) is 2.83. The van der Waals surface area contributed by atoms with Gasteiger partial charge < -0.3 is 5.73 Å². The number of aromatic nitrogens is 2. The van der Waals surface area contributed by atoms with Crippen LogP contribution in [0.25, 0.3) is 0 Å². The third kappa shape index (κ3) is 1.41. The fourth-order valence-electron chi connectivity index (χ4n) is 1.79. The van der Waals surface area contributed by atoms with Crippen LogP contribution in [-0.4, -0.2) is 15.6 Å². The zero-order valence-corrected chi connectivity index (χ0v) is 8.67. The summed E-state index contributed by atoms with van der Waals surface area (Å²) in [5.41, 5.74) is 7.68. The van der Waals surface area contributed by atoms with Crippen molar-refractivity contribution in [2.24, 2.45) is 11.1 Å². The third-order valence-corrected chi connectivity index (χ3v) is 2.98. The molecule has 1 aliphatic rings. The molecule has 0 aliphatic heterocycles. The monoisotopic (exact) mass is 192 g/mol. The van der Waals surface area contributed by atoms with Crippen LogP contribution in [0.4, 0.5) is 0 Å². The Morgan fingerprint density at radius 3 is 2.64 bits per heavy atom. The first-order valence-electron chi connectivity index (χ1n) is 4.89. The maximum atomic E-state index is 7.52. The Kier molecular flexibility index (Phi) is 1.87. The molecule has 2 rings (SSSR count). The molecule has 0 atom stereocenters. The highest BCUT2D eigenvalue weighted by molar-refractivity contribution is 5.86. The molecule has 0 bridgehead atoms. The topological polar surface area (TPSA) is 67.7 Å². The number of hydrogen-bond donors (Lipinski definition) is 2. The van der Waals surface area contributed by atoms with E-state index in [1.54, 1.807) is 0 Å². The van der Waals surface area contributed by atoms with Gasteiger partial charge in [-0.3, -0.25) is 10.1 Å². The molecule has 14 heavy (non-hydrogen) atoms. The summed E-state index contributed by atoms with van der Waals surface area (Å²) in [6.45, 7) is 4.79. The Balaban J connectivity index is 2.19. The first kappa shape index (κ1) is 9.24. The van der Waals surface area contributed by atoms with Crippen molar-refractivity contribution in [2.75, 3.05) is 0 Å². The van der Waals surface area contributed by atoms with E-state index in [0.717, 1.165) is 30.8 Å². The lowest BCUT2D eigenvalue weighted by atomic mass is 10.1. The molecule has 1 fully saturated rings. The van der Waals surface area contributed by atoms with Gasteiger partial charge in [-0.2, -0.15) is 5.10 Å². The van der Waals surface area contributed by atoms with Crippen LogP contribution in [-0.2, 0) is 6.54 Å². The summed E-state index contributed by atoms with van der Waals surface area (Å²) in [5, 5.41) is 11.9. The molecule has 0 spiro atoms. The minimum absolute atomic E-state index is 0.0801. The quantitative estimate of drug-likeness (QED) is 0.558. The van der Waals surface area contributed by atoms with Crippen LogP contribution in [0.1, 0.15) is 24.2 Å². The van der Waals surface area contributed by atoms with E-state index in [-0.39, 0.29) is 5.41 Å². The lowest BCUT2D eigenvalue weighted by molar-refractivity contribution is 0.485. The van der Waals surface area contributed by atoms with Gasteiger partial charge in [-0.15, -0.1) is 0 Å². The van der Waals surface area contributed by atoms with Crippen molar-refractivity contribution < 1.29 is 0 Å².